The average Bonchev–Trinajstić information content (AvgIpc) is 3.09. The van der Waals surface area contributed by atoms with Crippen LogP contribution in [-0.4, -0.2) is 31.2 Å². The fraction of sp³-hybridized carbons (Fsp3) is 0.278. The lowest BCUT2D eigenvalue weighted by Gasteiger charge is -2.23. The van der Waals surface area contributed by atoms with Gasteiger partial charge in [0.25, 0.3) is 0 Å². The molecule has 1 saturated heterocycles. The van der Waals surface area contributed by atoms with Crippen molar-refractivity contribution in [1.29, 1.82) is 0 Å². The quantitative estimate of drug-likeness (QED) is 0.909. The molecule has 0 saturated carbocycles. The number of aryl methyl sites for hydroxylation is 1. The summed E-state index contributed by atoms with van der Waals surface area (Å²) in [5.74, 6) is -0.781. The molecule has 2 aromatic rings. The van der Waals surface area contributed by atoms with Crippen LogP contribution in [0.1, 0.15) is 18.4 Å². The second-order valence-electron chi connectivity index (χ2n) is 6.04. The van der Waals surface area contributed by atoms with Crippen molar-refractivity contribution >= 4 is 21.6 Å². The molecule has 0 spiro atoms. The number of sulfonamides is 1. The van der Waals surface area contributed by atoms with Crippen molar-refractivity contribution in [1.82, 2.24) is 4.31 Å². The van der Waals surface area contributed by atoms with Gasteiger partial charge in [0.15, 0.2) is 0 Å². The highest BCUT2D eigenvalue weighted by Gasteiger charge is 2.39. The summed E-state index contributed by atoms with van der Waals surface area (Å²) in [6.45, 7) is 1.99. The molecule has 1 fully saturated rings. The Kier molecular flexibility index (Phi) is 4.87. The standard InChI is InChI=1S/C18H19FN2O3S/c1-13-12-14(19)9-10-16(13)20-18(22)17-8-5-11-21(17)25(23,24)15-6-3-2-4-7-15/h2-4,6-7,9-10,12,17H,5,8,11H2,1H3,(H,20,22). The fourth-order valence-corrected chi connectivity index (χ4v) is 4.68. The van der Waals surface area contributed by atoms with Crippen LogP contribution in [0, 0.1) is 12.7 Å². The van der Waals surface area contributed by atoms with E-state index in [4.69, 9.17) is 0 Å². The fourth-order valence-electron chi connectivity index (χ4n) is 3.00. The monoisotopic (exact) mass is 362 g/mol. The minimum Gasteiger partial charge on any atom is -0.324 e. The number of nitrogens with one attached hydrogen (secondary N) is 1. The van der Waals surface area contributed by atoms with E-state index in [1.165, 1.54) is 34.6 Å². The van der Waals surface area contributed by atoms with E-state index in [9.17, 15) is 17.6 Å². The zero-order chi connectivity index (χ0) is 18.0. The Morgan fingerprint density at radius 3 is 2.60 bits per heavy atom. The van der Waals surface area contributed by atoms with Gasteiger partial charge in [-0.2, -0.15) is 4.31 Å². The molecule has 25 heavy (non-hydrogen) atoms. The average molecular weight is 362 g/mol. The van der Waals surface area contributed by atoms with Crippen LogP contribution in [0.25, 0.3) is 0 Å². The summed E-state index contributed by atoms with van der Waals surface area (Å²) >= 11 is 0. The van der Waals surface area contributed by atoms with Crippen molar-refractivity contribution < 1.29 is 17.6 Å². The van der Waals surface area contributed by atoms with Crippen LogP contribution in [0.2, 0.25) is 0 Å². The minimum absolute atomic E-state index is 0.174. The first-order valence-electron chi connectivity index (χ1n) is 8.03. The highest BCUT2D eigenvalue weighted by molar-refractivity contribution is 7.89. The molecule has 2 aromatic carbocycles. The maximum Gasteiger partial charge on any atom is 0.243 e. The van der Waals surface area contributed by atoms with Gasteiger partial charge in [-0.3, -0.25) is 4.79 Å². The Morgan fingerprint density at radius 2 is 1.92 bits per heavy atom. The van der Waals surface area contributed by atoms with Crippen LogP contribution >= 0.6 is 0 Å². The van der Waals surface area contributed by atoms with E-state index in [1.54, 1.807) is 25.1 Å². The van der Waals surface area contributed by atoms with E-state index in [-0.39, 0.29) is 10.7 Å². The lowest BCUT2D eigenvalue weighted by molar-refractivity contribution is -0.119. The van der Waals surface area contributed by atoms with Gasteiger partial charge in [0, 0.05) is 12.2 Å². The summed E-state index contributed by atoms with van der Waals surface area (Å²) in [6.07, 6.45) is 1.07. The SMILES string of the molecule is Cc1cc(F)ccc1NC(=O)C1CCCN1S(=O)(=O)c1ccccc1. The number of halogens is 1. The zero-order valence-corrected chi connectivity index (χ0v) is 14.6. The Balaban J connectivity index is 1.83. The molecular formula is C18H19FN2O3S. The van der Waals surface area contributed by atoms with Crippen molar-refractivity contribution in [2.75, 3.05) is 11.9 Å². The molecule has 1 aliphatic rings. The Labute approximate surface area is 146 Å². The number of rotatable bonds is 4. The Hall–Kier alpha value is -2.25. The van der Waals surface area contributed by atoms with Crippen LogP contribution in [-0.2, 0) is 14.8 Å². The molecule has 7 heteroatoms. The predicted molar refractivity (Wildman–Crippen MR) is 93.1 cm³/mol. The van der Waals surface area contributed by atoms with Crippen molar-refractivity contribution in [3.8, 4) is 0 Å². The van der Waals surface area contributed by atoms with E-state index in [0.717, 1.165) is 0 Å². The second-order valence-corrected chi connectivity index (χ2v) is 7.93. The summed E-state index contributed by atoms with van der Waals surface area (Å²) in [5.41, 5.74) is 1.07. The third kappa shape index (κ3) is 3.57. The highest BCUT2D eigenvalue weighted by atomic mass is 32.2. The highest BCUT2D eigenvalue weighted by Crippen LogP contribution is 2.27. The summed E-state index contributed by atoms with van der Waals surface area (Å²) in [7, 11) is -3.73. The number of hydrogen-bond donors (Lipinski definition) is 1. The molecule has 1 unspecified atom stereocenters. The number of anilines is 1. The van der Waals surface area contributed by atoms with Crippen LogP contribution in [0.3, 0.4) is 0 Å². The number of nitrogens with zero attached hydrogens (tertiary/aromatic N) is 1. The molecule has 0 aliphatic carbocycles. The lowest BCUT2D eigenvalue weighted by atomic mass is 10.1. The minimum atomic E-state index is -3.73. The number of carbonyl (C=O) groups is 1. The van der Waals surface area contributed by atoms with Gasteiger partial charge in [0.2, 0.25) is 15.9 Å². The van der Waals surface area contributed by atoms with E-state index in [1.807, 2.05) is 0 Å². The van der Waals surface area contributed by atoms with Crippen LogP contribution in [0.4, 0.5) is 10.1 Å². The summed E-state index contributed by atoms with van der Waals surface area (Å²) in [5, 5.41) is 2.72. The first-order valence-corrected chi connectivity index (χ1v) is 9.47. The molecule has 0 radical (unpaired) electrons. The first kappa shape index (κ1) is 17.6. The molecular weight excluding hydrogens is 343 g/mol. The van der Waals surface area contributed by atoms with Gasteiger partial charge in [0.05, 0.1) is 4.90 Å². The van der Waals surface area contributed by atoms with Crippen molar-refractivity contribution in [2.24, 2.45) is 0 Å². The normalized spacial score (nSPS) is 18.2. The number of amides is 1. The molecule has 1 atom stereocenters. The zero-order valence-electron chi connectivity index (χ0n) is 13.8. The van der Waals surface area contributed by atoms with Gasteiger partial charge in [0.1, 0.15) is 11.9 Å². The molecule has 3 rings (SSSR count). The number of hydrogen-bond acceptors (Lipinski definition) is 3. The van der Waals surface area contributed by atoms with Crippen molar-refractivity contribution in [3.05, 3.63) is 59.9 Å². The predicted octanol–water partition coefficient (Wildman–Crippen LogP) is 2.93. The van der Waals surface area contributed by atoms with Gasteiger partial charge >= 0.3 is 0 Å². The van der Waals surface area contributed by atoms with E-state index in [2.05, 4.69) is 5.32 Å². The molecule has 1 heterocycles. The van der Waals surface area contributed by atoms with Crippen LogP contribution in [0.15, 0.2) is 53.4 Å². The molecule has 132 valence electrons. The van der Waals surface area contributed by atoms with Crippen LogP contribution < -0.4 is 5.32 Å². The van der Waals surface area contributed by atoms with Gasteiger partial charge in [-0.15, -0.1) is 0 Å². The maximum absolute atomic E-state index is 13.2. The van der Waals surface area contributed by atoms with Crippen LogP contribution in [0.5, 0.6) is 0 Å². The lowest BCUT2D eigenvalue weighted by Crippen LogP contribution is -2.43. The first-order chi connectivity index (χ1) is 11.9. The third-order valence-electron chi connectivity index (χ3n) is 4.30. The molecule has 1 aliphatic heterocycles. The topological polar surface area (TPSA) is 66.5 Å². The Morgan fingerprint density at radius 1 is 1.20 bits per heavy atom. The number of carbonyl (C=O) groups excluding carboxylic acids is 1. The largest absolute Gasteiger partial charge is 0.324 e. The number of benzene rings is 2. The third-order valence-corrected chi connectivity index (χ3v) is 6.22. The smallest absolute Gasteiger partial charge is 0.243 e. The molecule has 1 N–H and O–H groups in total. The molecule has 0 aromatic heterocycles. The van der Waals surface area contributed by atoms with Gasteiger partial charge in [-0.05, 0) is 55.7 Å². The van der Waals surface area contributed by atoms with E-state index in [0.29, 0.717) is 30.6 Å². The van der Waals surface area contributed by atoms with E-state index >= 15 is 0 Å². The maximum atomic E-state index is 13.2. The van der Waals surface area contributed by atoms with Gasteiger partial charge in [-0.25, -0.2) is 12.8 Å². The van der Waals surface area contributed by atoms with Crippen molar-refractivity contribution in [2.45, 2.75) is 30.7 Å². The van der Waals surface area contributed by atoms with Crippen molar-refractivity contribution in [3.63, 3.8) is 0 Å². The Bertz CT molecular complexity index is 884. The summed E-state index contributed by atoms with van der Waals surface area (Å²) < 4.78 is 40.1. The van der Waals surface area contributed by atoms with E-state index < -0.39 is 22.0 Å². The molecule has 1 amide bonds. The van der Waals surface area contributed by atoms with Gasteiger partial charge < -0.3 is 5.32 Å². The second kappa shape index (κ2) is 6.93. The summed E-state index contributed by atoms with van der Waals surface area (Å²) in [4.78, 5) is 12.8. The molecule has 0 bridgehead atoms. The summed E-state index contributed by atoms with van der Waals surface area (Å²) in [6, 6.07) is 11.4. The van der Waals surface area contributed by atoms with Gasteiger partial charge in [-0.1, -0.05) is 18.2 Å². The molecule has 5 nitrogen and oxygen atoms in total.